The Morgan fingerprint density at radius 2 is 1.26 bits per heavy atom. The van der Waals surface area contributed by atoms with E-state index in [4.69, 9.17) is 9.84 Å². The first-order valence-corrected chi connectivity index (χ1v) is 26.6. The number of hydrogen-bond donors (Lipinski definition) is 3. The van der Waals surface area contributed by atoms with Crippen LogP contribution in [-0.4, -0.2) is 78.5 Å². The summed E-state index contributed by atoms with van der Waals surface area (Å²) in [4.78, 5) is 21.4. The Morgan fingerprint density at radius 3 is 1.84 bits per heavy atom. The molecule has 2 aromatic heterocycles. The number of piperidine rings is 2. The fourth-order valence-corrected chi connectivity index (χ4v) is 12.3. The largest absolute Gasteiger partial charge is 0.396 e. The average molecular weight is 967 g/mol. The number of carbonyl (C=O) groups is 1. The van der Waals surface area contributed by atoms with Crippen molar-refractivity contribution in [2.45, 2.75) is 58.8 Å². The molecule has 3 N–H and O–H groups in total. The van der Waals surface area contributed by atoms with Crippen LogP contribution in [-0.2, 0) is 19.6 Å². The van der Waals surface area contributed by atoms with Crippen LogP contribution in [0.2, 0.25) is 0 Å². The molecule has 352 valence electrons. The first-order valence-electron chi connectivity index (χ1n) is 23.5. The van der Waals surface area contributed by atoms with E-state index in [-0.39, 0.29) is 36.0 Å². The number of amides is 1. The Bertz CT molecular complexity index is 3030. The molecule has 0 saturated carbocycles. The number of thiophene rings is 2. The summed E-state index contributed by atoms with van der Waals surface area (Å²) in [5, 5.41) is 36.3. The van der Waals surface area contributed by atoms with Crippen LogP contribution in [0.15, 0.2) is 108 Å². The molecule has 0 spiro atoms. The zero-order valence-electron chi connectivity index (χ0n) is 38.7. The Kier molecular flexibility index (Phi) is 16.1. The van der Waals surface area contributed by atoms with Gasteiger partial charge < -0.3 is 25.0 Å². The molecule has 0 aliphatic carbocycles. The van der Waals surface area contributed by atoms with Gasteiger partial charge in [-0.05, 0) is 169 Å². The van der Waals surface area contributed by atoms with E-state index in [1.54, 1.807) is 18.3 Å². The number of carbonyl (C=O) groups excluding carboxylic acids is 1. The van der Waals surface area contributed by atoms with Gasteiger partial charge in [0.05, 0.1) is 0 Å². The van der Waals surface area contributed by atoms with Crippen LogP contribution in [0.25, 0.3) is 53.6 Å². The Labute approximate surface area is 408 Å². The fraction of sp³-hybridized carbons (Fsp3) is 0.352. The lowest BCUT2D eigenvalue weighted by molar-refractivity contribution is -0.117. The number of nitrogens with zero attached hydrogens (tertiary/aromatic N) is 4. The summed E-state index contributed by atoms with van der Waals surface area (Å²) in [6.07, 6.45) is 6.79. The number of nitrogens with one attached hydrogen (secondary N) is 2. The summed E-state index contributed by atoms with van der Waals surface area (Å²) in [7, 11) is -3.99. The molecule has 2 fully saturated rings. The summed E-state index contributed by atoms with van der Waals surface area (Å²) in [6, 6.07) is 38.1. The van der Waals surface area contributed by atoms with Gasteiger partial charge in [-0.1, -0.05) is 36.4 Å². The molecule has 4 heterocycles. The molecule has 2 aliphatic rings. The normalized spacial score (nSPS) is 15.5. The van der Waals surface area contributed by atoms with Crippen molar-refractivity contribution in [1.82, 2.24) is 10.0 Å². The highest BCUT2D eigenvalue weighted by atomic mass is 32.2. The Hall–Kier alpha value is -5.84. The zero-order chi connectivity index (χ0) is 47.6. The van der Waals surface area contributed by atoms with Gasteiger partial charge in [-0.25, -0.2) is 13.1 Å². The molecule has 4 aromatic carbocycles. The van der Waals surface area contributed by atoms with Crippen LogP contribution in [0, 0.1) is 28.6 Å². The van der Waals surface area contributed by atoms with E-state index in [0.717, 1.165) is 75.6 Å². The number of benzene rings is 4. The fourth-order valence-electron chi connectivity index (χ4n) is 9.02. The number of anilines is 2. The topological polar surface area (TPSA) is 159 Å². The van der Waals surface area contributed by atoms with Gasteiger partial charge >= 0.3 is 0 Å². The first kappa shape index (κ1) is 48.6. The number of rotatable bonds is 18. The summed E-state index contributed by atoms with van der Waals surface area (Å²) in [6.45, 7) is 9.17. The van der Waals surface area contributed by atoms with Crippen molar-refractivity contribution < 1.29 is 23.1 Å². The first-order chi connectivity index (χ1) is 33.0. The third-order valence-electron chi connectivity index (χ3n) is 13.0. The lowest BCUT2D eigenvalue weighted by Crippen LogP contribution is -2.35. The predicted octanol–water partition coefficient (Wildman–Crippen LogP) is 10.7. The van der Waals surface area contributed by atoms with Crippen molar-refractivity contribution in [3.05, 3.63) is 117 Å². The molecule has 0 bridgehead atoms. The maximum Gasteiger partial charge on any atom is 0.262 e. The molecule has 0 radical (unpaired) electrons. The molecular formula is C54H58N6O5S3. The minimum Gasteiger partial charge on any atom is -0.396 e. The number of nitriles is 2. The quantitative estimate of drug-likeness (QED) is 0.0433. The summed E-state index contributed by atoms with van der Waals surface area (Å²) >= 11 is 3.04. The van der Waals surface area contributed by atoms with Gasteiger partial charge in [-0.3, -0.25) is 4.79 Å². The number of allylic oxidation sites excluding steroid dienone is 3. The smallest absolute Gasteiger partial charge is 0.262 e. The van der Waals surface area contributed by atoms with Gasteiger partial charge in [0.15, 0.2) is 4.91 Å². The van der Waals surface area contributed by atoms with E-state index in [1.807, 2.05) is 31.2 Å². The van der Waals surface area contributed by atoms with E-state index in [9.17, 15) is 23.7 Å². The van der Waals surface area contributed by atoms with Gasteiger partial charge in [0, 0.05) is 90.0 Å². The van der Waals surface area contributed by atoms with Crippen LogP contribution in [0.1, 0.15) is 68.5 Å². The van der Waals surface area contributed by atoms with Gasteiger partial charge in [0.25, 0.3) is 15.9 Å². The van der Waals surface area contributed by atoms with Crippen LogP contribution >= 0.6 is 22.7 Å². The maximum absolute atomic E-state index is 13.2. The van der Waals surface area contributed by atoms with E-state index in [0.29, 0.717) is 48.1 Å². The van der Waals surface area contributed by atoms with Crippen LogP contribution in [0.5, 0.6) is 0 Å². The van der Waals surface area contributed by atoms with E-state index < -0.39 is 10.0 Å². The third-order valence-corrected chi connectivity index (χ3v) is 17.1. The van der Waals surface area contributed by atoms with Crippen LogP contribution in [0.4, 0.5) is 11.4 Å². The summed E-state index contributed by atoms with van der Waals surface area (Å²) in [5.41, 5.74) is 5.82. The second-order valence-corrected chi connectivity index (χ2v) is 21.5. The van der Waals surface area contributed by atoms with Crippen molar-refractivity contribution in [2.24, 2.45) is 5.92 Å². The predicted molar refractivity (Wildman–Crippen MR) is 279 cm³/mol. The summed E-state index contributed by atoms with van der Waals surface area (Å²) < 4.78 is 34.0. The highest BCUT2D eigenvalue weighted by Gasteiger charge is 2.23. The molecule has 1 amide bonds. The van der Waals surface area contributed by atoms with Gasteiger partial charge in [-0.2, -0.15) is 10.5 Å². The van der Waals surface area contributed by atoms with Crippen molar-refractivity contribution in [3.63, 3.8) is 0 Å². The number of ether oxygens (including phenoxy) is 1. The lowest BCUT2D eigenvalue weighted by Gasteiger charge is -2.33. The third kappa shape index (κ3) is 11.5. The molecule has 8 rings (SSSR count). The van der Waals surface area contributed by atoms with Crippen LogP contribution < -0.4 is 19.8 Å². The molecule has 0 atom stereocenters. The number of aliphatic hydroxyl groups excluding tert-OH is 1. The van der Waals surface area contributed by atoms with Crippen molar-refractivity contribution >= 4 is 82.7 Å². The molecular weight excluding hydrogens is 909 g/mol. The number of aliphatic hydroxyl groups is 1. The Morgan fingerprint density at radius 1 is 0.706 bits per heavy atom. The minimum absolute atomic E-state index is 0.0584. The van der Waals surface area contributed by atoms with Gasteiger partial charge in [0.2, 0.25) is 0 Å². The molecule has 68 heavy (non-hydrogen) atoms. The van der Waals surface area contributed by atoms with Gasteiger partial charge in [0.1, 0.15) is 17.7 Å². The minimum atomic E-state index is -3.99. The summed E-state index contributed by atoms with van der Waals surface area (Å²) in [5.74, 6) is 0.104. The molecule has 14 heteroatoms. The average Bonchev–Trinajstić information content (AvgIpc) is 4.07. The number of hydrogen-bond acceptors (Lipinski definition) is 11. The lowest BCUT2D eigenvalue weighted by atomic mass is 9.97. The van der Waals surface area contributed by atoms with Gasteiger partial charge in [-0.15, -0.1) is 22.7 Å². The molecule has 11 nitrogen and oxygen atoms in total. The van der Waals surface area contributed by atoms with Crippen molar-refractivity contribution in [3.8, 4) is 33.0 Å². The van der Waals surface area contributed by atoms with Crippen molar-refractivity contribution in [1.29, 1.82) is 10.5 Å². The Balaban J connectivity index is 0.771. The van der Waals surface area contributed by atoms with E-state index in [2.05, 4.69) is 105 Å². The monoisotopic (exact) mass is 966 g/mol. The standard InChI is InChI=1S/C54H58N6O5S3/c1-37(49-16-18-51(66-49)44-10-8-42-32-46(14-12-40(42)30-44)59-24-4-3-5-25-59)48(34-55)54(62)57-22-7-29-65-36-39-20-26-60(27-21-39)47-15-13-41-31-45(11-9-43(41)33-47)52-19-17-50(67-52)38(2)53(35-56)68(63,64)58-23-6-28-61/h8-19,30-33,39,58,61H,3-7,20-29,36H2,1-2H3,(H,57,62)/b48-37+,53-38+. The van der Waals surface area contributed by atoms with E-state index in [1.165, 1.54) is 52.7 Å². The second kappa shape index (κ2) is 22.5. The molecule has 6 aromatic rings. The van der Waals surface area contributed by atoms with Crippen LogP contribution in [0.3, 0.4) is 0 Å². The molecule has 0 unspecified atom stereocenters. The highest BCUT2D eigenvalue weighted by molar-refractivity contribution is 7.93. The maximum atomic E-state index is 13.2. The highest BCUT2D eigenvalue weighted by Crippen LogP contribution is 2.38. The SMILES string of the molecule is C/C(=C(/C#N)C(=O)NCCCOCC1CCN(c2ccc3cc(-c4ccc(/C(C)=C(\C#N)S(=O)(=O)NCCCO)s4)ccc3c2)CC1)c1ccc(-c2ccc3cc(N4CCCCC4)ccc3c2)s1. The second-order valence-electron chi connectivity index (χ2n) is 17.6. The molecule has 2 aliphatic heterocycles. The van der Waals surface area contributed by atoms with Crippen molar-refractivity contribution in [2.75, 3.05) is 68.9 Å². The molecule has 2 saturated heterocycles. The van der Waals surface area contributed by atoms with E-state index >= 15 is 0 Å². The zero-order valence-corrected chi connectivity index (χ0v) is 41.2. The number of fused-ring (bicyclic) bond motifs is 2. The number of sulfonamides is 1.